The lowest BCUT2D eigenvalue weighted by molar-refractivity contribution is -0.279. The van der Waals surface area contributed by atoms with Crippen molar-refractivity contribution in [2.45, 2.75) is 76.7 Å². The number of esters is 4. The van der Waals surface area contributed by atoms with Crippen LogP contribution >= 0.6 is 0 Å². The highest BCUT2D eigenvalue weighted by Gasteiger charge is 2.53. The number of hydrogen-bond acceptors (Lipinski definition) is 15. The maximum absolute atomic E-state index is 12.5. The molecule has 1 saturated heterocycles. The van der Waals surface area contributed by atoms with E-state index in [0.29, 0.717) is 5.56 Å². The third-order valence-electron chi connectivity index (χ3n) is 7.11. The van der Waals surface area contributed by atoms with Gasteiger partial charge in [0, 0.05) is 13.8 Å². The SMILES string of the molecule is COC(=O)[C@H]1O[C@@H](Oc2ccc(C[C@H](N)C(=O)NCC(=O)NCO[C@H](C)C(=O)OCc3ccccc3)cc2)[C@H](OC(C)=O)[C@@H](OC(C)=O)[C@@H]1O. The number of ether oxygens (including phenoxy) is 7. The molecule has 0 bridgehead atoms. The Morgan fingerprint density at radius 2 is 1.54 bits per heavy atom. The number of methoxy groups -OCH3 is 1. The second-order valence-corrected chi connectivity index (χ2v) is 11.0. The van der Waals surface area contributed by atoms with Gasteiger partial charge in [-0.3, -0.25) is 19.2 Å². The van der Waals surface area contributed by atoms with Crippen molar-refractivity contribution >= 4 is 35.7 Å². The van der Waals surface area contributed by atoms with Gasteiger partial charge in [-0.15, -0.1) is 0 Å². The minimum absolute atomic E-state index is 0.0700. The van der Waals surface area contributed by atoms with Crippen LogP contribution < -0.4 is 21.1 Å². The second kappa shape index (κ2) is 19.2. The van der Waals surface area contributed by atoms with Gasteiger partial charge in [0.1, 0.15) is 25.2 Å². The van der Waals surface area contributed by atoms with Gasteiger partial charge in [-0.1, -0.05) is 42.5 Å². The molecule has 0 unspecified atom stereocenters. The molecule has 0 aromatic heterocycles. The van der Waals surface area contributed by atoms with E-state index in [2.05, 4.69) is 15.4 Å². The molecule has 50 heavy (non-hydrogen) atoms. The average molecular weight is 704 g/mol. The van der Waals surface area contributed by atoms with Gasteiger partial charge in [0.2, 0.25) is 24.2 Å². The smallest absolute Gasteiger partial charge is 0.338 e. The summed E-state index contributed by atoms with van der Waals surface area (Å²) in [5, 5.41) is 15.5. The van der Waals surface area contributed by atoms with Gasteiger partial charge in [0.05, 0.1) is 19.7 Å². The lowest BCUT2D eigenvalue weighted by Crippen LogP contribution is -2.63. The van der Waals surface area contributed by atoms with Crippen molar-refractivity contribution in [2.24, 2.45) is 5.73 Å². The molecule has 1 aliphatic heterocycles. The third kappa shape index (κ3) is 12.1. The molecule has 0 radical (unpaired) electrons. The molecule has 5 N–H and O–H groups in total. The van der Waals surface area contributed by atoms with Crippen molar-refractivity contribution in [3.63, 3.8) is 0 Å². The predicted molar refractivity (Wildman–Crippen MR) is 169 cm³/mol. The molecule has 7 atom stereocenters. The van der Waals surface area contributed by atoms with Gasteiger partial charge in [-0.2, -0.15) is 0 Å². The zero-order valence-electron chi connectivity index (χ0n) is 27.9. The van der Waals surface area contributed by atoms with Gasteiger partial charge >= 0.3 is 23.9 Å². The monoisotopic (exact) mass is 703 g/mol. The summed E-state index contributed by atoms with van der Waals surface area (Å²) in [6.07, 6.45) is -8.74. The summed E-state index contributed by atoms with van der Waals surface area (Å²) in [7, 11) is 1.07. The number of aliphatic hydroxyl groups excluding tert-OH is 1. The van der Waals surface area contributed by atoms with Gasteiger partial charge < -0.3 is 54.6 Å². The van der Waals surface area contributed by atoms with Gasteiger partial charge in [0.15, 0.2) is 18.3 Å². The summed E-state index contributed by atoms with van der Waals surface area (Å²) in [5.41, 5.74) is 7.45. The fourth-order valence-electron chi connectivity index (χ4n) is 4.58. The Bertz CT molecular complexity index is 1470. The summed E-state index contributed by atoms with van der Waals surface area (Å²) < 4.78 is 36.9. The number of rotatable bonds is 16. The molecule has 2 amide bonds. The van der Waals surface area contributed by atoms with Crippen molar-refractivity contribution < 1.29 is 67.0 Å². The second-order valence-electron chi connectivity index (χ2n) is 11.0. The van der Waals surface area contributed by atoms with E-state index in [1.165, 1.54) is 19.1 Å². The number of benzene rings is 2. The molecule has 3 rings (SSSR count). The first-order valence-electron chi connectivity index (χ1n) is 15.4. The maximum Gasteiger partial charge on any atom is 0.338 e. The van der Waals surface area contributed by atoms with E-state index in [9.17, 15) is 33.9 Å². The summed E-state index contributed by atoms with van der Waals surface area (Å²) in [6.45, 7) is 3.04. The number of carbonyl (C=O) groups excluding carboxylic acids is 6. The molecule has 0 aliphatic carbocycles. The summed E-state index contributed by atoms with van der Waals surface area (Å²) in [6, 6.07) is 14.2. The maximum atomic E-state index is 12.5. The lowest BCUT2D eigenvalue weighted by atomic mass is 9.98. The molecule has 272 valence electrons. The van der Waals surface area contributed by atoms with Crippen LogP contribution in [0.3, 0.4) is 0 Å². The first kappa shape index (κ1) is 39.3. The van der Waals surface area contributed by atoms with Crippen LogP contribution in [0.1, 0.15) is 31.9 Å². The zero-order valence-corrected chi connectivity index (χ0v) is 27.9. The van der Waals surface area contributed by atoms with E-state index < -0.39 is 85.1 Å². The van der Waals surface area contributed by atoms with E-state index >= 15 is 0 Å². The van der Waals surface area contributed by atoms with Crippen molar-refractivity contribution in [3.05, 3.63) is 65.7 Å². The minimum atomic E-state index is -1.74. The van der Waals surface area contributed by atoms with E-state index in [1.54, 1.807) is 12.1 Å². The van der Waals surface area contributed by atoms with Crippen molar-refractivity contribution in [3.8, 4) is 5.75 Å². The first-order valence-corrected chi connectivity index (χ1v) is 15.4. The third-order valence-corrected chi connectivity index (χ3v) is 7.11. The quantitative estimate of drug-likeness (QED) is 0.0970. The minimum Gasteiger partial charge on any atom is -0.467 e. The van der Waals surface area contributed by atoms with Crippen LogP contribution in [0.25, 0.3) is 0 Å². The molecule has 17 heteroatoms. The molecule has 17 nitrogen and oxygen atoms in total. The Morgan fingerprint density at radius 1 is 0.900 bits per heavy atom. The summed E-state index contributed by atoms with van der Waals surface area (Å²) >= 11 is 0. The van der Waals surface area contributed by atoms with Crippen LogP contribution in [0, 0.1) is 0 Å². The van der Waals surface area contributed by atoms with Crippen LogP contribution in [-0.4, -0.2) is 104 Å². The molecule has 1 aliphatic rings. The molecule has 1 heterocycles. The molecule has 0 saturated carbocycles. The lowest BCUT2D eigenvalue weighted by Gasteiger charge is -2.41. The summed E-state index contributed by atoms with van der Waals surface area (Å²) in [5.74, 6) is -4.23. The molecular formula is C33H41N3O14. The standard InChI is InChI=1S/C33H41N3O14/c1-18(31(42)45-16-22-8-6-5-7-9-22)46-17-36-25(39)15-35-30(41)24(34)14-21-10-12-23(13-11-21)49-33-29(48-20(3)38)27(47-19(2)37)26(40)28(50-33)32(43)44-4/h5-13,18,24,26-29,33,40H,14-17,34H2,1-4H3,(H,35,41)(H,36,39)/t18-,24+,26+,27+,28+,29-,33-/m1/s1. The van der Waals surface area contributed by atoms with E-state index in [-0.39, 0.29) is 25.5 Å². The number of amides is 2. The van der Waals surface area contributed by atoms with Crippen LogP contribution in [0.2, 0.25) is 0 Å². The van der Waals surface area contributed by atoms with E-state index in [0.717, 1.165) is 26.5 Å². The van der Waals surface area contributed by atoms with Crippen LogP contribution in [-0.2, 0) is 70.2 Å². The highest BCUT2D eigenvalue weighted by atomic mass is 16.7. The van der Waals surface area contributed by atoms with Crippen LogP contribution in [0.15, 0.2) is 54.6 Å². The normalized spacial score (nSPS) is 21.0. The summed E-state index contributed by atoms with van der Waals surface area (Å²) in [4.78, 5) is 72.6. The van der Waals surface area contributed by atoms with Gasteiger partial charge in [0.25, 0.3) is 0 Å². The number of aliphatic hydroxyl groups is 1. The number of nitrogens with one attached hydrogen (secondary N) is 2. The molecule has 1 fully saturated rings. The van der Waals surface area contributed by atoms with Gasteiger partial charge in [-0.05, 0) is 36.6 Å². The molecule has 2 aromatic rings. The fraction of sp³-hybridized carbons (Fsp3) is 0.455. The Balaban J connectivity index is 1.47. The van der Waals surface area contributed by atoms with E-state index in [4.69, 9.17) is 34.2 Å². The molecule has 0 spiro atoms. The van der Waals surface area contributed by atoms with Crippen molar-refractivity contribution in [2.75, 3.05) is 20.4 Å². The van der Waals surface area contributed by atoms with Crippen molar-refractivity contribution in [1.29, 1.82) is 0 Å². The van der Waals surface area contributed by atoms with Crippen molar-refractivity contribution in [1.82, 2.24) is 10.6 Å². The average Bonchev–Trinajstić information content (AvgIpc) is 3.09. The highest BCUT2D eigenvalue weighted by Crippen LogP contribution is 2.29. The Kier molecular flexibility index (Phi) is 15.1. The Labute approximate surface area is 287 Å². The fourth-order valence-corrected chi connectivity index (χ4v) is 4.58. The molecule has 2 aromatic carbocycles. The molecular weight excluding hydrogens is 662 g/mol. The Hall–Kier alpha value is -5.10. The number of hydrogen-bond donors (Lipinski definition) is 4. The van der Waals surface area contributed by atoms with Crippen LogP contribution in [0.5, 0.6) is 5.75 Å². The predicted octanol–water partition coefficient (Wildman–Crippen LogP) is -0.604. The first-order chi connectivity index (χ1) is 23.8. The topological polar surface area (TPSA) is 237 Å². The van der Waals surface area contributed by atoms with Gasteiger partial charge in [-0.25, -0.2) is 9.59 Å². The Morgan fingerprint density at radius 3 is 2.16 bits per heavy atom. The number of nitrogens with two attached hydrogens (primary N) is 1. The largest absolute Gasteiger partial charge is 0.467 e. The zero-order chi connectivity index (χ0) is 36.8. The van der Waals surface area contributed by atoms with E-state index in [1.807, 2.05) is 30.3 Å². The highest BCUT2D eigenvalue weighted by molar-refractivity contribution is 5.87. The number of carbonyl (C=O) groups is 6. The van der Waals surface area contributed by atoms with Crippen LogP contribution in [0.4, 0.5) is 0 Å².